The fourth-order valence-corrected chi connectivity index (χ4v) is 1.51. The van der Waals surface area contributed by atoms with E-state index in [1.807, 2.05) is 13.8 Å². The number of nitrogens with one attached hydrogen (secondary N) is 1. The van der Waals surface area contributed by atoms with Gasteiger partial charge in [0.1, 0.15) is 6.07 Å². The van der Waals surface area contributed by atoms with Gasteiger partial charge in [-0.15, -0.1) is 0 Å². The van der Waals surface area contributed by atoms with Gasteiger partial charge in [0.15, 0.2) is 0 Å². The van der Waals surface area contributed by atoms with Crippen LogP contribution in [0, 0.1) is 11.3 Å². The summed E-state index contributed by atoms with van der Waals surface area (Å²) in [5.41, 5.74) is -0.501. The van der Waals surface area contributed by atoms with Crippen LogP contribution in [-0.2, 0) is 10.9 Å². The van der Waals surface area contributed by atoms with E-state index in [2.05, 4.69) is 5.32 Å². The second-order valence-electron chi connectivity index (χ2n) is 4.24. The molecule has 0 saturated carbocycles. The summed E-state index contributed by atoms with van der Waals surface area (Å²) in [5, 5.41) is 11.9. The molecule has 1 aromatic rings. The Morgan fingerprint density at radius 3 is 2.42 bits per heavy atom. The molecular formula is C13H15F3N2O. The van der Waals surface area contributed by atoms with Crippen molar-refractivity contribution in [3.05, 3.63) is 29.3 Å². The lowest BCUT2D eigenvalue weighted by Crippen LogP contribution is -2.30. The van der Waals surface area contributed by atoms with Crippen LogP contribution in [0.3, 0.4) is 0 Å². The largest absolute Gasteiger partial charge is 0.416 e. The molecule has 0 spiro atoms. The van der Waals surface area contributed by atoms with Crippen molar-refractivity contribution < 1.29 is 17.9 Å². The predicted octanol–water partition coefficient (Wildman–Crippen LogP) is 3.41. The molecule has 1 N–H and O–H groups in total. The minimum absolute atomic E-state index is 0.0371. The number of benzene rings is 1. The minimum Gasteiger partial charge on any atom is -0.380 e. The predicted molar refractivity (Wildman–Crippen MR) is 65.7 cm³/mol. The SMILES string of the molecule is COC(C)C(C)Nc1ccc(C(F)(F)F)cc1C#N. The minimum atomic E-state index is -4.45. The summed E-state index contributed by atoms with van der Waals surface area (Å²) in [6.45, 7) is 3.65. The summed E-state index contributed by atoms with van der Waals surface area (Å²) in [5.74, 6) is 0. The second-order valence-corrected chi connectivity index (χ2v) is 4.24. The number of alkyl halides is 3. The maximum atomic E-state index is 12.5. The van der Waals surface area contributed by atoms with E-state index in [1.54, 1.807) is 13.2 Å². The van der Waals surface area contributed by atoms with Gasteiger partial charge < -0.3 is 10.1 Å². The third kappa shape index (κ3) is 3.86. The molecule has 0 aliphatic rings. The van der Waals surface area contributed by atoms with Gasteiger partial charge in [0.25, 0.3) is 0 Å². The van der Waals surface area contributed by atoms with Crippen LogP contribution in [0.2, 0.25) is 0 Å². The first kappa shape index (κ1) is 15.3. The number of methoxy groups -OCH3 is 1. The fourth-order valence-electron chi connectivity index (χ4n) is 1.51. The Morgan fingerprint density at radius 2 is 1.95 bits per heavy atom. The van der Waals surface area contributed by atoms with Crippen LogP contribution in [0.5, 0.6) is 0 Å². The van der Waals surface area contributed by atoms with Crippen LogP contribution in [0.25, 0.3) is 0 Å². The van der Waals surface area contributed by atoms with Crippen molar-refractivity contribution in [1.82, 2.24) is 0 Å². The highest BCUT2D eigenvalue weighted by molar-refractivity contribution is 5.59. The van der Waals surface area contributed by atoms with Crippen molar-refractivity contribution in [3.8, 4) is 6.07 Å². The Kier molecular flexibility index (Phi) is 4.78. The van der Waals surface area contributed by atoms with E-state index in [0.29, 0.717) is 5.69 Å². The number of rotatable bonds is 4. The number of anilines is 1. The topological polar surface area (TPSA) is 45.0 Å². The first-order chi connectivity index (χ1) is 8.79. The monoisotopic (exact) mass is 272 g/mol. The van der Waals surface area contributed by atoms with Gasteiger partial charge >= 0.3 is 6.18 Å². The zero-order valence-electron chi connectivity index (χ0n) is 10.9. The zero-order valence-corrected chi connectivity index (χ0v) is 10.9. The van der Waals surface area contributed by atoms with Crippen molar-refractivity contribution >= 4 is 5.69 Å². The van der Waals surface area contributed by atoms with Gasteiger partial charge in [0.2, 0.25) is 0 Å². The molecule has 0 bridgehead atoms. The Morgan fingerprint density at radius 1 is 1.32 bits per heavy atom. The third-order valence-corrected chi connectivity index (χ3v) is 2.93. The van der Waals surface area contributed by atoms with Crippen LogP contribution in [-0.4, -0.2) is 19.3 Å². The summed E-state index contributed by atoms with van der Waals surface area (Å²) >= 11 is 0. The van der Waals surface area contributed by atoms with E-state index in [-0.39, 0.29) is 17.7 Å². The number of nitriles is 1. The summed E-state index contributed by atoms with van der Waals surface area (Å²) in [7, 11) is 1.54. The number of hydrogen-bond acceptors (Lipinski definition) is 3. The molecule has 0 radical (unpaired) electrons. The summed E-state index contributed by atoms with van der Waals surface area (Å²) < 4.78 is 42.7. The molecule has 19 heavy (non-hydrogen) atoms. The van der Waals surface area contributed by atoms with E-state index in [4.69, 9.17) is 10.00 Å². The molecule has 0 saturated heterocycles. The average molecular weight is 272 g/mol. The van der Waals surface area contributed by atoms with Crippen molar-refractivity contribution in [2.45, 2.75) is 32.2 Å². The number of ether oxygens (including phenoxy) is 1. The molecule has 1 rings (SSSR count). The molecule has 2 unspecified atom stereocenters. The van der Waals surface area contributed by atoms with Gasteiger partial charge in [0.05, 0.1) is 22.9 Å². The molecule has 0 aliphatic carbocycles. The van der Waals surface area contributed by atoms with E-state index >= 15 is 0 Å². The maximum Gasteiger partial charge on any atom is 0.416 e. The lowest BCUT2D eigenvalue weighted by molar-refractivity contribution is -0.137. The zero-order chi connectivity index (χ0) is 14.6. The Balaban J connectivity index is 3.01. The molecular weight excluding hydrogens is 257 g/mol. The van der Waals surface area contributed by atoms with E-state index in [9.17, 15) is 13.2 Å². The molecule has 0 heterocycles. The summed E-state index contributed by atoms with van der Waals surface area (Å²) in [6.07, 6.45) is -4.58. The van der Waals surface area contributed by atoms with Gasteiger partial charge in [-0.3, -0.25) is 0 Å². The second kappa shape index (κ2) is 5.93. The first-order valence-electron chi connectivity index (χ1n) is 5.70. The number of halogens is 3. The Bertz CT molecular complexity index is 480. The Hall–Kier alpha value is -1.74. The van der Waals surface area contributed by atoms with Gasteiger partial charge in [-0.2, -0.15) is 18.4 Å². The molecule has 0 fully saturated rings. The smallest absolute Gasteiger partial charge is 0.380 e. The van der Waals surface area contributed by atoms with Crippen LogP contribution < -0.4 is 5.32 Å². The highest BCUT2D eigenvalue weighted by atomic mass is 19.4. The quantitative estimate of drug-likeness (QED) is 0.913. The standard InChI is InChI=1S/C13H15F3N2O/c1-8(9(2)19-3)18-12-5-4-11(13(14,15)16)6-10(12)7-17/h4-6,8-9,18H,1-3H3. The molecule has 3 nitrogen and oxygen atoms in total. The number of nitrogens with zero attached hydrogens (tertiary/aromatic N) is 1. The summed E-state index contributed by atoms with van der Waals surface area (Å²) in [6, 6.07) is 4.69. The maximum absolute atomic E-state index is 12.5. The molecule has 0 aromatic heterocycles. The molecule has 1 aromatic carbocycles. The van der Waals surface area contributed by atoms with E-state index < -0.39 is 11.7 Å². The van der Waals surface area contributed by atoms with Crippen molar-refractivity contribution in [2.24, 2.45) is 0 Å². The van der Waals surface area contributed by atoms with Gasteiger partial charge in [-0.25, -0.2) is 0 Å². The molecule has 104 valence electrons. The molecule has 6 heteroatoms. The summed E-state index contributed by atoms with van der Waals surface area (Å²) in [4.78, 5) is 0. The average Bonchev–Trinajstić information content (AvgIpc) is 2.36. The van der Waals surface area contributed by atoms with Gasteiger partial charge in [-0.1, -0.05) is 0 Å². The van der Waals surface area contributed by atoms with Gasteiger partial charge in [0, 0.05) is 13.2 Å². The van der Waals surface area contributed by atoms with Crippen LogP contribution in [0.1, 0.15) is 25.0 Å². The molecule has 0 aliphatic heterocycles. The van der Waals surface area contributed by atoms with Crippen LogP contribution >= 0.6 is 0 Å². The normalized spacial score (nSPS) is 14.6. The highest BCUT2D eigenvalue weighted by Gasteiger charge is 2.31. The van der Waals surface area contributed by atoms with Crippen molar-refractivity contribution in [3.63, 3.8) is 0 Å². The van der Waals surface area contributed by atoms with Crippen LogP contribution in [0.15, 0.2) is 18.2 Å². The van der Waals surface area contributed by atoms with E-state index in [1.165, 1.54) is 6.07 Å². The van der Waals surface area contributed by atoms with Crippen molar-refractivity contribution in [2.75, 3.05) is 12.4 Å². The highest BCUT2D eigenvalue weighted by Crippen LogP contribution is 2.31. The Labute approximate surface area is 110 Å². The number of hydrogen-bond donors (Lipinski definition) is 1. The fraction of sp³-hybridized carbons (Fsp3) is 0.462. The first-order valence-corrected chi connectivity index (χ1v) is 5.70. The third-order valence-electron chi connectivity index (χ3n) is 2.93. The molecule has 2 atom stereocenters. The lowest BCUT2D eigenvalue weighted by atomic mass is 10.1. The molecule has 0 amide bonds. The van der Waals surface area contributed by atoms with Gasteiger partial charge in [-0.05, 0) is 32.0 Å². The van der Waals surface area contributed by atoms with Crippen molar-refractivity contribution in [1.29, 1.82) is 5.26 Å². The van der Waals surface area contributed by atoms with Crippen LogP contribution in [0.4, 0.5) is 18.9 Å². The lowest BCUT2D eigenvalue weighted by Gasteiger charge is -2.22. The van der Waals surface area contributed by atoms with E-state index in [0.717, 1.165) is 12.1 Å².